The Balaban J connectivity index is 1.37. The summed E-state index contributed by atoms with van der Waals surface area (Å²) in [5, 5.41) is 14.5. The topological polar surface area (TPSA) is 70.8 Å². The average Bonchev–Trinajstić information content (AvgIpc) is 3.00. The minimum atomic E-state index is -0.805. The number of carbonyl (C=O) groups is 1. The van der Waals surface area contributed by atoms with Gasteiger partial charge in [-0.3, -0.25) is 9.58 Å². The van der Waals surface area contributed by atoms with E-state index in [9.17, 15) is 9.90 Å². The molecule has 4 heterocycles. The van der Waals surface area contributed by atoms with Gasteiger partial charge in [-0.1, -0.05) is 11.6 Å². The predicted molar refractivity (Wildman–Crippen MR) is 88.4 cm³/mol. The first-order valence-corrected chi connectivity index (χ1v) is 9.02. The number of likely N-dealkylation sites (tertiary alicyclic amines) is 1. The van der Waals surface area contributed by atoms with Crippen LogP contribution in [0.25, 0.3) is 0 Å². The Kier molecular flexibility index (Phi) is 4.40. The normalized spacial score (nSPS) is 32.0. The Morgan fingerprint density at radius 2 is 1.83 bits per heavy atom. The zero-order chi connectivity index (χ0) is 16.7. The second-order valence-corrected chi connectivity index (χ2v) is 7.50. The van der Waals surface area contributed by atoms with Crippen molar-refractivity contribution in [3.8, 4) is 0 Å². The van der Waals surface area contributed by atoms with Crippen LogP contribution in [0.5, 0.6) is 0 Å². The fraction of sp³-hybridized carbons (Fsp3) is 0.750. The van der Waals surface area contributed by atoms with E-state index in [4.69, 9.17) is 16.3 Å². The third kappa shape index (κ3) is 3.00. The standard InChI is InChI=1S/C16H23ClN4O3/c17-11-7-18-20(8-11)12-1-3-19(4-2-12)13-5-14-9-24-10-15(6-13)21(14)16(22)23/h7-8,12-15H,1-6,9-10H2,(H,22,23). The highest BCUT2D eigenvalue weighted by atomic mass is 35.5. The molecule has 3 saturated heterocycles. The van der Waals surface area contributed by atoms with E-state index in [0.717, 1.165) is 38.8 Å². The number of nitrogens with zero attached hydrogens (tertiary/aromatic N) is 4. The molecule has 1 aromatic rings. The van der Waals surface area contributed by atoms with Crippen molar-refractivity contribution in [2.45, 2.75) is 49.9 Å². The molecule has 0 saturated carbocycles. The van der Waals surface area contributed by atoms with Crippen LogP contribution in [0.1, 0.15) is 31.7 Å². The number of amides is 1. The highest BCUT2D eigenvalue weighted by molar-refractivity contribution is 6.30. The summed E-state index contributed by atoms with van der Waals surface area (Å²) in [5.41, 5.74) is 0. The summed E-state index contributed by atoms with van der Waals surface area (Å²) in [5.74, 6) is 0. The Morgan fingerprint density at radius 1 is 1.17 bits per heavy atom. The number of rotatable bonds is 2. The fourth-order valence-corrected chi connectivity index (χ4v) is 4.67. The van der Waals surface area contributed by atoms with Crippen LogP contribution in [0.3, 0.4) is 0 Å². The van der Waals surface area contributed by atoms with Crippen molar-refractivity contribution in [1.29, 1.82) is 0 Å². The van der Waals surface area contributed by atoms with Crippen molar-refractivity contribution in [3.63, 3.8) is 0 Å². The van der Waals surface area contributed by atoms with Crippen molar-refractivity contribution in [2.24, 2.45) is 0 Å². The molecule has 8 heteroatoms. The van der Waals surface area contributed by atoms with Crippen molar-refractivity contribution in [3.05, 3.63) is 17.4 Å². The molecule has 0 spiro atoms. The molecule has 24 heavy (non-hydrogen) atoms. The molecule has 3 aliphatic heterocycles. The lowest BCUT2D eigenvalue weighted by Crippen LogP contribution is -2.62. The van der Waals surface area contributed by atoms with Crippen molar-refractivity contribution >= 4 is 17.7 Å². The largest absolute Gasteiger partial charge is 0.465 e. The molecule has 0 radical (unpaired) electrons. The highest BCUT2D eigenvalue weighted by Gasteiger charge is 2.43. The van der Waals surface area contributed by atoms with Gasteiger partial charge >= 0.3 is 6.09 Å². The van der Waals surface area contributed by atoms with Crippen LogP contribution in [-0.4, -0.2) is 75.2 Å². The maximum atomic E-state index is 11.5. The molecule has 2 unspecified atom stereocenters. The number of hydrogen-bond donors (Lipinski definition) is 1. The maximum absolute atomic E-state index is 11.5. The summed E-state index contributed by atoms with van der Waals surface area (Å²) in [6.07, 6.45) is 6.65. The van der Waals surface area contributed by atoms with E-state index >= 15 is 0 Å². The second kappa shape index (κ2) is 6.54. The number of piperidine rings is 2. The molecule has 2 bridgehead atoms. The molecular formula is C16H23ClN4O3. The van der Waals surface area contributed by atoms with Gasteiger partial charge in [-0.25, -0.2) is 4.79 Å². The number of morpholine rings is 1. The van der Waals surface area contributed by atoms with Crippen LogP contribution in [0.4, 0.5) is 4.79 Å². The van der Waals surface area contributed by atoms with Gasteiger partial charge in [0.15, 0.2) is 0 Å². The lowest BCUT2D eigenvalue weighted by atomic mass is 9.88. The summed E-state index contributed by atoms with van der Waals surface area (Å²) < 4.78 is 7.56. The number of fused-ring (bicyclic) bond motifs is 2. The first kappa shape index (κ1) is 16.2. The third-order valence-corrected chi connectivity index (χ3v) is 5.87. The molecule has 2 atom stereocenters. The van der Waals surface area contributed by atoms with Gasteiger partial charge in [0.05, 0.1) is 42.6 Å². The van der Waals surface area contributed by atoms with Crippen molar-refractivity contribution < 1.29 is 14.6 Å². The van der Waals surface area contributed by atoms with Gasteiger partial charge in [-0.05, 0) is 25.7 Å². The number of hydrogen-bond acceptors (Lipinski definition) is 4. The van der Waals surface area contributed by atoms with Gasteiger partial charge in [0.25, 0.3) is 0 Å². The van der Waals surface area contributed by atoms with Crippen LogP contribution >= 0.6 is 11.6 Å². The molecule has 1 N–H and O–H groups in total. The van der Waals surface area contributed by atoms with Gasteiger partial charge in [0.2, 0.25) is 0 Å². The van der Waals surface area contributed by atoms with E-state index in [1.165, 1.54) is 0 Å². The Morgan fingerprint density at radius 3 is 2.38 bits per heavy atom. The molecule has 132 valence electrons. The van der Waals surface area contributed by atoms with Gasteiger partial charge in [-0.15, -0.1) is 0 Å². The summed E-state index contributed by atoms with van der Waals surface area (Å²) >= 11 is 5.97. The zero-order valence-electron chi connectivity index (χ0n) is 13.6. The number of ether oxygens (including phenoxy) is 1. The Bertz CT molecular complexity index is 588. The summed E-state index contributed by atoms with van der Waals surface area (Å²) in [6.45, 7) is 3.11. The summed E-state index contributed by atoms with van der Waals surface area (Å²) in [4.78, 5) is 15.6. The third-order valence-electron chi connectivity index (χ3n) is 5.68. The number of halogens is 1. The van der Waals surface area contributed by atoms with E-state index in [1.54, 1.807) is 11.1 Å². The van der Waals surface area contributed by atoms with E-state index in [1.807, 2.05) is 10.9 Å². The smallest absolute Gasteiger partial charge is 0.407 e. The molecule has 0 aliphatic carbocycles. The van der Waals surface area contributed by atoms with Crippen molar-refractivity contribution in [2.75, 3.05) is 26.3 Å². The maximum Gasteiger partial charge on any atom is 0.407 e. The van der Waals surface area contributed by atoms with Crippen molar-refractivity contribution in [1.82, 2.24) is 19.6 Å². The van der Waals surface area contributed by atoms with Gasteiger partial charge in [0.1, 0.15) is 0 Å². The minimum Gasteiger partial charge on any atom is -0.465 e. The second-order valence-electron chi connectivity index (χ2n) is 7.07. The van der Waals surface area contributed by atoms with E-state index in [2.05, 4.69) is 10.00 Å². The molecule has 3 fully saturated rings. The summed E-state index contributed by atoms with van der Waals surface area (Å²) in [7, 11) is 0. The molecular weight excluding hydrogens is 332 g/mol. The minimum absolute atomic E-state index is 0.00245. The molecule has 4 rings (SSSR count). The first-order valence-electron chi connectivity index (χ1n) is 8.64. The molecule has 3 aliphatic rings. The number of carboxylic acid groups (broad SMARTS) is 1. The lowest BCUT2D eigenvalue weighted by Gasteiger charge is -2.50. The van der Waals surface area contributed by atoms with Gasteiger partial charge in [0, 0.05) is 25.3 Å². The summed E-state index contributed by atoms with van der Waals surface area (Å²) in [6, 6.07) is 0.877. The molecule has 0 aromatic carbocycles. The van der Waals surface area contributed by atoms with Crippen LogP contribution in [0, 0.1) is 0 Å². The van der Waals surface area contributed by atoms with E-state index in [-0.39, 0.29) is 12.1 Å². The highest BCUT2D eigenvalue weighted by Crippen LogP contribution is 2.33. The Labute approximate surface area is 146 Å². The fourth-order valence-electron chi connectivity index (χ4n) is 4.53. The number of aromatic nitrogens is 2. The van der Waals surface area contributed by atoms with Crippen LogP contribution in [0.2, 0.25) is 5.02 Å². The SMILES string of the molecule is O=C(O)N1C2COCC1CC(N1CCC(n3cc(Cl)cn3)CC1)C2. The monoisotopic (exact) mass is 354 g/mol. The molecule has 1 aromatic heterocycles. The van der Waals surface area contributed by atoms with E-state index in [0.29, 0.717) is 30.3 Å². The molecule has 7 nitrogen and oxygen atoms in total. The van der Waals surface area contributed by atoms with Gasteiger partial charge < -0.3 is 14.7 Å². The van der Waals surface area contributed by atoms with Crippen LogP contribution in [-0.2, 0) is 4.74 Å². The van der Waals surface area contributed by atoms with E-state index < -0.39 is 6.09 Å². The predicted octanol–water partition coefficient (Wildman–Crippen LogP) is 2.08. The quantitative estimate of drug-likeness (QED) is 0.880. The van der Waals surface area contributed by atoms with Crippen LogP contribution in [0.15, 0.2) is 12.4 Å². The van der Waals surface area contributed by atoms with Gasteiger partial charge in [-0.2, -0.15) is 5.10 Å². The Hall–Kier alpha value is -1.31. The first-order chi connectivity index (χ1) is 11.6. The molecule has 1 amide bonds. The lowest BCUT2D eigenvalue weighted by molar-refractivity contribution is -0.0835. The zero-order valence-corrected chi connectivity index (χ0v) is 14.3. The average molecular weight is 355 g/mol. The van der Waals surface area contributed by atoms with Crippen LogP contribution < -0.4 is 0 Å².